The number of aryl methyl sites for hydroxylation is 1. The van der Waals surface area contributed by atoms with Gasteiger partial charge in [-0.2, -0.15) is 0 Å². The van der Waals surface area contributed by atoms with Crippen LogP contribution in [0, 0.1) is 0 Å². The van der Waals surface area contributed by atoms with E-state index < -0.39 is 16.1 Å². The molecule has 5 nitrogen and oxygen atoms in total. The van der Waals surface area contributed by atoms with Gasteiger partial charge in [0, 0.05) is 46.6 Å². The van der Waals surface area contributed by atoms with Crippen LogP contribution in [0.25, 0.3) is 49.9 Å². The van der Waals surface area contributed by atoms with Crippen LogP contribution in [-0.2, 0) is 7.05 Å². The lowest BCUT2D eigenvalue weighted by Gasteiger charge is -2.45. The minimum Gasteiger partial charge on any atom is -0.327 e. The summed E-state index contributed by atoms with van der Waals surface area (Å²) in [4.78, 5) is 13.2. The van der Waals surface area contributed by atoms with Crippen LogP contribution in [0.15, 0.2) is 279 Å². The van der Waals surface area contributed by atoms with Gasteiger partial charge in [0.1, 0.15) is 11.6 Å². The van der Waals surface area contributed by atoms with E-state index in [0.29, 0.717) is 0 Å². The minimum absolute atomic E-state index is 0.947. The van der Waals surface area contributed by atoms with E-state index in [0.717, 1.165) is 45.3 Å². The SMILES string of the molecule is Cn1c(-c2cccc([Si](c3ccccc3)(c3ccccc3)c3cccc(N4c5ccc6c(c5[Si](c5ccccc5)(c5ccccc5)c5cccnc54)c4ccccc4n6-c4ccccc4)c3)c2)nc2ccccc21. The van der Waals surface area contributed by atoms with Crippen LogP contribution in [0.4, 0.5) is 17.2 Å². The van der Waals surface area contributed by atoms with E-state index in [2.05, 4.69) is 294 Å². The summed E-state index contributed by atoms with van der Waals surface area (Å²) in [6, 6.07) is 101. The Hall–Kier alpha value is -9.15. The summed E-state index contributed by atoms with van der Waals surface area (Å²) in [5.41, 5.74) is 8.89. The fourth-order valence-corrected chi connectivity index (χ4v) is 22.6. The Labute approximate surface area is 432 Å². The molecule has 0 N–H and O–H groups in total. The Kier molecular flexibility index (Phi) is 10.4. The molecule has 0 aliphatic carbocycles. The van der Waals surface area contributed by atoms with Gasteiger partial charge < -0.3 is 9.13 Å². The molecule has 7 heteroatoms. The molecule has 1 aliphatic heterocycles. The Morgan fingerprint density at radius 2 is 0.986 bits per heavy atom. The molecule has 0 amide bonds. The smallest absolute Gasteiger partial charge is 0.187 e. The lowest BCUT2D eigenvalue weighted by Crippen LogP contribution is -2.77. The van der Waals surface area contributed by atoms with Crippen molar-refractivity contribution in [2.45, 2.75) is 0 Å². The number of anilines is 3. The Morgan fingerprint density at radius 1 is 0.432 bits per heavy atom. The Morgan fingerprint density at radius 3 is 1.66 bits per heavy atom. The molecule has 74 heavy (non-hydrogen) atoms. The van der Waals surface area contributed by atoms with E-state index in [-0.39, 0.29) is 0 Å². The average molecular weight is 980 g/mol. The first-order chi connectivity index (χ1) is 36.7. The van der Waals surface area contributed by atoms with Crippen molar-refractivity contribution < 1.29 is 0 Å². The second-order valence-corrected chi connectivity index (χ2v) is 26.8. The van der Waals surface area contributed by atoms with E-state index in [1.807, 2.05) is 6.20 Å². The molecule has 3 aromatic heterocycles. The molecule has 14 rings (SSSR count). The number of nitrogens with zero attached hydrogens (tertiary/aromatic N) is 5. The van der Waals surface area contributed by atoms with E-state index in [9.17, 15) is 0 Å². The molecule has 350 valence electrons. The first-order valence-corrected chi connectivity index (χ1v) is 29.4. The quantitative estimate of drug-likeness (QED) is 0.107. The summed E-state index contributed by atoms with van der Waals surface area (Å²) >= 11 is 0. The molecule has 0 fully saturated rings. The fourth-order valence-electron chi connectivity index (χ4n) is 12.5. The van der Waals surface area contributed by atoms with Gasteiger partial charge in [-0.15, -0.1) is 0 Å². The van der Waals surface area contributed by atoms with E-state index in [1.165, 1.54) is 63.3 Å². The zero-order valence-corrected chi connectivity index (χ0v) is 42.8. The van der Waals surface area contributed by atoms with Crippen molar-refractivity contribution in [1.29, 1.82) is 0 Å². The Bertz CT molecular complexity index is 4130. The summed E-state index contributed by atoms with van der Waals surface area (Å²) in [6.07, 6.45) is 1.98. The third-order valence-corrected chi connectivity index (χ3v) is 25.2. The molecule has 0 saturated carbocycles. The first kappa shape index (κ1) is 43.6. The molecular weight excluding hydrogens is 931 g/mol. The zero-order chi connectivity index (χ0) is 49.2. The zero-order valence-electron chi connectivity index (χ0n) is 40.8. The van der Waals surface area contributed by atoms with Crippen LogP contribution in [0.2, 0.25) is 0 Å². The predicted octanol–water partition coefficient (Wildman–Crippen LogP) is 10.3. The number of imidazole rings is 1. The Balaban J connectivity index is 1.09. The van der Waals surface area contributed by atoms with Crippen molar-refractivity contribution in [2.24, 2.45) is 7.05 Å². The number of aromatic nitrogens is 4. The molecule has 0 saturated heterocycles. The number of hydrogen-bond donors (Lipinski definition) is 0. The molecule has 4 heterocycles. The van der Waals surface area contributed by atoms with Crippen molar-refractivity contribution in [2.75, 3.05) is 4.90 Å². The predicted molar refractivity (Wildman–Crippen MR) is 314 cm³/mol. The van der Waals surface area contributed by atoms with E-state index >= 15 is 0 Å². The van der Waals surface area contributed by atoms with Gasteiger partial charge in [-0.1, -0.05) is 212 Å². The highest BCUT2D eigenvalue weighted by molar-refractivity contribution is 7.22. The molecule has 0 bridgehead atoms. The molecular formula is C67H49N5Si2. The molecule has 0 unspecified atom stereocenters. The van der Waals surface area contributed by atoms with Crippen molar-refractivity contribution in [1.82, 2.24) is 19.1 Å². The van der Waals surface area contributed by atoms with Gasteiger partial charge in [0.05, 0.1) is 22.1 Å². The second kappa shape index (κ2) is 17.6. The van der Waals surface area contributed by atoms with Gasteiger partial charge in [0.2, 0.25) is 0 Å². The first-order valence-electron chi connectivity index (χ1n) is 25.4. The summed E-state index contributed by atoms with van der Waals surface area (Å²) in [6.45, 7) is 0. The maximum Gasteiger partial charge on any atom is 0.187 e. The van der Waals surface area contributed by atoms with Crippen LogP contribution < -0.4 is 46.4 Å². The number of hydrogen-bond acceptors (Lipinski definition) is 3. The van der Waals surface area contributed by atoms with Gasteiger partial charge >= 0.3 is 0 Å². The van der Waals surface area contributed by atoms with Crippen molar-refractivity contribution in [3.05, 3.63) is 279 Å². The van der Waals surface area contributed by atoms with Crippen LogP contribution in [0.3, 0.4) is 0 Å². The highest BCUT2D eigenvalue weighted by atomic mass is 28.3. The maximum atomic E-state index is 5.51. The number of pyridine rings is 1. The number of para-hydroxylation sites is 4. The van der Waals surface area contributed by atoms with Crippen molar-refractivity contribution >= 4 is 108 Å². The molecule has 0 spiro atoms. The highest BCUT2D eigenvalue weighted by Crippen LogP contribution is 2.42. The highest BCUT2D eigenvalue weighted by Gasteiger charge is 2.51. The van der Waals surface area contributed by atoms with Crippen molar-refractivity contribution in [3.8, 4) is 17.1 Å². The van der Waals surface area contributed by atoms with Crippen LogP contribution in [-0.4, -0.2) is 35.2 Å². The average Bonchev–Trinajstić information content (AvgIpc) is 4.11. The van der Waals surface area contributed by atoms with Crippen LogP contribution in [0.1, 0.15) is 0 Å². The van der Waals surface area contributed by atoms with E-state index in [4.69, 9.17) is 9.97 Å². The number of rotatable bonds is 9. The molecule has 0 radical (unpaired) electrons. The normalized spacial score (nSPS) is 13.0. The van der Waals surface area contributed by atoms with E-state index in [1.54, 1.807) is 0 Å². The van der Waals surface area contributed by atoms with Gasteiger partial charge in [-0.3, -0.25) is 4.90 Å². The van der Waals surface area contributed by atoms with Crippen molar-refractivity contribution in [3.63, 3.8) is 0 Å². The lowest BCUT2D eigenvalue weighted by atomic mass is 10.1. The number of benzene rings is 10. The van der Waals surface area contributed by atoms with Crippen LogP contribution >= 0.6 is 0 Å². The third-order valence-electron chi connectivity index (χ3n) is 15.6. The summed E-state index contributed by atoms with van der Waals surface area (Å²) < 4.78 is 4.69. The lowest BCUT2D eigenvalue weighted by molar-refractivity contribution is 0.959. The second-order valence-electron chi connectivity index (χ2n) is 19.3. The molecule has 10 aromatic carbocycles. The molecule has 13 aromatic rings. The van der Waals surface area contributed by atoms with Gasteiger partial charge in [0.25, 0.3) is 0 Å². The maximum absolute atomic E-state index is 5.51. The molecule has 1 aliphatic rings. The van der Waals surface area contributed by atoms with Gasteiger partial charge in [-0.25, -0.2) is 9.97 Å². The largest absolute Gasteiger partial charge is 0.327 e. The fraction of sp³-hybridized carbons (Fsp3) is 0.0149. The van der Waals surface area contributed by atoms with Gasteiger partial charge in [-0.05, 0) is 102 Å². The summed E-state index contributed by atoms with van der Waals surface area (Å²) in [5.74, 6) is 1.90. The summed E-state index contributed by atoms with van der Waals surface area (Å²) in [7, 11) is -4.20. The monoisotopic (exact) mass is 979 g/mol. The number of fused-ring (bicyclic) bond motifs is 7. The topological polar surface area (TPSA) is 38.9 Å². The molecule has 0 atom stereocenters. The minimum atomic E-state index is -3.20. The third kappa shape index (κ3) is 6.47. The van der Waals surface area contributed by atoms with Gasteiger partial charge in [0.15, 0.2) is 16.1 Å². The van der Waals surface area contributed by atoms with Crippen LogP contribution in [0.5, 0.6) is 0 Å². The summed E-state index contributed by atoms with van der Waals surface area (Å²) in [5, 5.41) is 12.9. The standard InChI is InChI=1S/C67H49N5Si2/c1-70-60-41-20-18-39-58(60)69-66(70)48-24-21-36-55(46-48)73(51-28-9-3-10-29-51,52-30-11-4-12-31-52)56-37-22-27-50(47-56)72-62-44-43-61-64(57-38-17-19-40-59(57)71(61)49-25-7-2-8-26-49)65(62)74(53-32-13-5-14-33-53,54-34-15-6-16-35-54)63-42-23-45-68-67(63)72/h2-47H,1H3.